The first-order chi connectivity index (χ1) is 12.1. The molecule has 0 saturated heterocycles. The van der Waals surface area contributed by atoms with Crippen LogP contribution in [0.5, 0.6) is 0 Å². The van der Waals surface area contributed by atoms with Gasteiger partial charge in [-0.15, -0.1) is 0 Å². The standard InChI is InChI=1S/C19H24N2O4S/c1-13(2)21(4)26(24,25)17-10-5-14(3)18(11-17)20-12-15-6-8-16(9-7-15)19(22)23/h5-11,13,20H,12H2,1-4H3,(H,22,23). The summed E-state index contributed by atoms with van der Waals surface area (Å²) in [5, 5.41) is 12.2. The van der Waals surface area contributed by atoms with Gasteiger partial charge in [-0.3, -0.25) is 0 Å². The van der Waals surface area contributed by atoms with Gasteiger partial charge in [0, 0.05) is 25.3 Å². The van der Waals surface area contributed by atoms with Crippen LogP contribution >= 0.6 is 0 Å². The first-order valence-electron chi connectivity index (χ1n) is 8.27. The molecule has 7 heteroatoms. The lowest BCUT2D eigenvalue weighted by atomic mass is 10.1. The minimum atomic E-state index is -3.55. The van der Waals surface area contributed by atoms with Crippen LogP contribution in [-0.2, 0) is 16.6 Å². The molecule has 0 saturated carbocycles. The van der Waals surface area contributed by atoms with Gasteiger partial charge in [0.1, 0.15) is 0 Å². The molecule has 6 nitrogen and oxygen atoms in total. The number of carboxylic acid groups (broad SMARTS) is 1. The number of anilines is 1. The summed E-state index contributed by atoms with van der Waals surface area (Å²) in [6.45, 7) is 6.01. The molecule has 0 spiro atoms. The zero-order valence-corrected chi connectivity index (χ0v) is 16.2. The Morgan fingerprint density at radius 2 is 1.77 bits per heavy atom. The first kappa shape index (κ1) is 19.9. The number of benzene rings is 2. The quantitative estimate of drug-likeness (QED) is 0.774. The van der Waals surface area contributed by atoms with Gasteiger partial charge in [-0.1, -0.05) is 18.2 Å². The van der Waals surface area contributed by atoms with Gasteiger partial charge < -0.3 is 10.4 Å². The summed E-state index contributed by atoms with van der Waals surface area (Å²) in [6, 6.07) is 11.4. The van der Waals surface area contributed by atoms with E-state index in [9.17, 15) is 13.2 Å². The maximum atomic E-state index is 12.7. The van der Waals surface area contributed by atoms with Crippen molar-refractivity contribution in [3.8, 4) is 0 Å². The second-order valence-electron chi connectivity index (χ2n) is 6.45. The molecule has 2 aromatic carbocycles. The third kappa shape index (κ3) is 4.42. The number of aromatic carboxylic acids is 1. The number of aryl methyl sites for hydroxylation is 1. The summed E-state index contributed by atoms with van der Waals surface area (Å²) in [6.07, 6.45) is 0. The van der Waals surface area contributed by atoms with Crippen LogP contribution in [0.1, 0.15) is 35.3 Å². The molecule has 0 aromatic heterocycles. The van der Waals surface area contributed by atoms with Crippen molar-refractivity contribution in [2.24, 2.45) is 0 Å². The highest BCUT2D eigenvalue weighted by molar-refractivity contribution is 7.89. The van der Waals surface area contributed by atoms with Crippen molar-refractivity contribution in [1.82, 2.24) is 4.31 Å². The van der Waals surface area contributed by atoms with Gasteiger partial charge in [-0.25, -0.2) is 13.2 Å². The molecule has 0 aliphatic rings. The van der Waals surface area contributed by atoms with Gasteiger partial charge in [-0.2, -0.15) is 4.31 Å². The molecular formula is C19H24N2O4S. The van der Waals surface area contributed by atoms with Crippen molar-refractivity contribution < 1.29 is 18.3 Å². The summed E-state index contributed by atoms with van der Waals surface area (Å²) in [4.78, 5) is 11.1. The molecule has 0 bridgehead atoms. The minimum Gasteiger partial charge on any atom is -0.478 e. The zero-order valence-electron chi connectivity index (χ0n) is 15.4. The number of hydrogen-bond acceptors (Lipinski definition) is 4. The summed E-state index contributed by atoms with van der Waals surface area (Å²) in [5.41, 5.74) is 2.79. The lowest BCUT2D eigenvalue weighted by Gasteiger charge is -2.21. The van der Waals surface area contributed by atoms with Gasteiger partial charge in [-0.05, 0) is 56.2 Å². The fourth-order valence-corrected chi connectivity index (χ4v) is 3.75. The highest BCUT2D eigenvalue weighted by atomic mass is 32.2. The molecule has 0 aliphatic heterocycles. The Hall–Kier alpha value is -2.38. The van der Waals surface area contributed by atoms with Crippen molar-refractivity contribution in [1.29, 1.82) is 0 Å². The molecule has 2 aromatic rings. The normalized spacial score (nSPS) is 11.8. The highest BCUT2D eigenvalue weighted by Crippen LogP contribution is 2.24. The average molecular weight is 376 g/mol. The topological polar surface area (TPSA) is 86.7 Å². The third-order valence-corrected chi connectivity index (χ3v) is 6.33. The Balaban J connectivity index is 2.21. The fraction of sp³-hybridized carbons (Fsp3) is 0.316. The molecule has 2 rings (SSSR count). The molecular weight excluding hydrogens is 352 g/mol. The second-order valence-corrected chi connectivity index (χ2v) is 8.44. The number of nitrogens with zero attached hydrogens (tertiary/aromatic N) is 1. The number of nitrogens with one attached hydrogen (secondary N) is 1. The Labute approximate surface area is 154 Å². The smallest absolute Gasteiger partial charge is 0.335 e. The van der Waals surface area contributed by atoms with E-state index in [0.717, 1.165) is 16.8 Å². The van der Waals surface area contributed by atoms with Crippen LogP contribution in [0.3, 0.4) is 0 Å². The van der Waals surface area contributed by atoms with Crippen LogP contribution in [0.15, 0.2) is 47.4 Å². The predicted octanol–water partition coefficient (Wildman–Crippen LogP) is 3.33. The van der Waals surface area contributed by atoms with E-state index in [1.54, 1.807) is 49.5 Å². The van der Waals surface area contributed by atoms with Gasteiger partial charge in [0.25, 0.3) is 0 Å². The molecule has 0 amide bonds. The number of rotatable bonds is 7. The number of hydrogen-bond donors (Lipinski definition) is 2. The Morgan fingerprint density at radius 3 is 2.31 bits per heavy atom. The zero-order chi connectivity index (χ0) is 19.5. The van der Waals surface area contributed by atoms with Crippen molar-refractivity contribution in [3.05, 3.63) is 59.2 Å². The van der Waals surface area contributed by atoms with E-state index >= 15 is 0 Å². The van der Waals surface area contributed by atoms with Crippen molar-refractivity contribution in [3.63, 3.8) is 0 Å². The second kappa shape index (κ2) is 7.88. The lowest BCUT2D eigenvalue weighted by Crippen LogP contribution is -2.33. The van der Waals surface area contributed by atoms with Crippen molar-refractivity contribution >= 4 is 21.7 Å². The van der Waals surface area contributed by atoms with E-state index in [0.29, 0.717) is 6.54 Å². The maximum absolute atomic E-state index is 12.7. The lowest BCUT2D eigenvalue weighted by molar-refractivity contribution is 0.0697. The summed E-state index contributed by atoms with van der Waals surface area (Å²) in [7, 11) is -1.98. The van der Waals surface area contributed by atoms with Gasteiger partial charge in [0.2, 0.25) is 10.0 Å². The molecule has 0 aliphatic carbocycles. The summed E-state index contributed by atoms with van der Waals surface area (Å²) < 4.78 is 26.6. The fourth-order valence-electron chi connectivity index (χ4n) is 2.36. The van der Waals surface area contributed by atoms with Crippen molar-refractivity contribution in [2.75, 3.05) is 12.4 Å². The average Bonchev–Trinajstić information content (AvgIpc) is 2.60. The largest absolute Gasteiger partial charge is 0.478 e. The maximum Gasteiger partial charge on any atom is 0.335 e. The molecule has 2 N–H and O–H groups in total. The van der Waals surface area contributed by atoms with Crippen LogP contribution in [0.25, 0.3) is 0 Å². The number of carbonyl (C=O) groups is 1. The Morgan fingerprint density at radius 1 is 1.15 bits per heavy atom. The van der Waals surface area contributed by atoms with Crippen LogP contribution in [0.2, 0.25) is 0 Å². The molecule has 0 fully saturated rings. The van der Waals surface area contributed by atoms with Crippen LogP contribution in [-0.4, -0.2) is 36.9 Å². The van der Waals surface area contributed by atoms with Crippen LogP contribution in [0, 0.1) is 6.92 Å². The monoisotopic (exact) mass is 376 g/mol. The molecule has 0 radical (unpaired) electrons. The van der Waals surface area contributed by atoms with E-state index in [4.69, 9.17) is 5.11 Å². The van der Waals surface area contributed by atoms with Gasteiger partial charge in [0.15, 0.2) is 0 Å². The van der Waals surface area contributed by atoms with E-state index in [1.165, 1.54) is 4.31 Å². The first-order valence-corrected chi connectivity index (χ1v) is 9.71. The SMILES string of the molecule is Cc1ccc(S(=O)(=O)N(C)C(C)C)cc1NCc1ccc(C(=O)O)cc1. The van der Waals surface area contributed by atoms with Gasteiger partial charge in [0.05, 0.1) is 10.5 Å². The summed E-state index contributed by atoms with van der Waals surface area (Å²) >= 11 is 0. The molecule has 0 atom stereocenters. The number of sulfonamides is 1. The Bertz CT molecular complexity index is 890. The van der Waals surface area contributed by atoms with E-state index in [2.05, 4.69) is 5.32 Å². The molecule has 0 heterocycles. The highest BCUT2D eigenvalue weighted by Gasteiger charge is 2.23. The van der Waals surface area contributed by atoms with E-state index < -0.39 is 16.0 Å². The van der Waals surface area contributed by atoms with Crippen LogP contribution < -0.4 is 5.32 Å². The van der Waals surface area contributed by atoms with Crippen molar-refractivity contribution in [2.45, 2.75) is 38.3 Å². The molecule has 26 heavy (non-hydrogen) atoms. The molecule has 0 unspecified atom stereocenters. The molecule has 140 valence electrons. The number of carboxylic acids is 1. The van der Waals surface area contributed by atoms with E-state index in [1.807, 2.05) is 20.8 Å². The summed E-state index contributed by atoms with van der Waals surface area (Å²) in [5.74, 6) is -0.965. The van der Waals surface area contributed by atoms with E-state index in [-0.39, 0.29) is 16.5 Å². The predicted molar refractivity (Wildman–Crippen MR) is 102 cm³/mol. The van der Waals surface area contributed by atoms with Gasteiger partial charge >= 0.3 is 5.97 Å². The van der Waals surface area contributed by atoms with Crippen LogP contribution in [0.4, 0.5) is 5.69 Å². The minimum absolute atomic E-state index is 0.134. The Kier molecular flexibility index (Phi) is 6.05. The third-order valence-electron chi connectivity index (χ3n) is 4.30.